The molecule has 1 heterocycles. The van der Waals surface area contributed by atoms with Crippen LogP contribution >= 0.6 is 15.9 Å². The number of anilines is 1. The van der Waals surface area contributed by atoms with Gasteiger partial charge in [0.15, 0.2) is 6.61 Å². The third kappa shape index (κ3) is 3.60. The van der Waals surface area contributed by atoms with Crippen molar-refractivity contribution < 1.29 is 14.3 Å². The molecule has 26 heavy (non-hydrogen) atoms. The lowest BCUT2D eigenvalue weighted by Crippen LogP contribution is -2.35. The standard InChI is InChI=1S/C19H14BrN3O3/c20-17-14-8-4-5-9-15(14)22-18(17)19(25)26-12-16(24)23(11-10-21)13-6-2-1-3-7-13/h1-9,22H,11-12H2. The summed E-state index contributed by atoms with van der Waals surface area (Å²) in [6.07, 6.45) is 0. The molecule has 0 radical (unpaired) electrons. The minimum absolute atomic E-state index is 0.128. The Balaban J connectivity index is 1.72. The number of rotatable bonds is 5. The van der Waals surface area contributed by atoms with Gasteiger partial charge < -0.3 is 9.72 Å². The average Bonchev–Trinajstić information content (AvgIpc) is 3.02. The molecule has 6 nitrogen and oxygen atoms in total. The third-order valence-electron chi connectivity index (χ3n) is 3.77. The van der Waals surface area contributed by atoms with E-state index in [1.54, 1.807) is 24.3 Å². The minimum Gasteiger partial charge on any atom is -0.451 e. The zero-order valence-corrected chi connectivity index (χ0v) is 15.2. The zero-order chi connectivity index (χ0) is 18.5. The lowest BCUT2D eigenvalue weighted by molar-refractivity contribution is -0.121. The predicted molar refractivity (Wildman–Crippen MR) is 101 cm³/mol. The van der Waals surface area contributed by atoms with Crippen LogP contribution in [0, 0.1) is 11.3 Å². The van der Waals surface area contributed by atoms with Gasteiger partial charge in [0, 0.05) is 16.6 Å². The summed E-state index contributed by atoms with van der Waals surface area (Å²) in [6.45, 7) is -0.590. The highest BCUT2D eigenvalue weighted by atomic mass is 79.9. The largest absolute Gasteiger partial charge is 0.451 e. The van der Waals surface area contributed by atoms with E-state index < -0.39 is 18.5 Å². The summed E-state index contributed by atoms with van der Waals surface area (Å²) in [7, 11) is 0. The van der Waals surface area contributed by atoms with Crippen LogP contribution in [-0.4, -0.2) is 30.0 Å². The molecule has 0 unspecified atom stereocenters. The number of nitriles is 1. The number of aromatic nitrogens is 1. The number of esters is 1. The number of nitrogens with zero attached hydrogens (tertiary/aromatic N) is 2. The van der Waals surface area contributed by atoms with Crippen LogP contribution < -0.4 is 4.90 Å². The fraction of sp³-hybridized carbons (Fsp3) is 0.105. The number of halogens is 1. The summed E-state index contributed by atoms with van der Waals surface area (Å²) >= 11 is 3.38. The molecule has 1 aromatic heterocycles. The summed E-state index contributed by atoms with van der Waals surface area (Å²) in [6, 6.07) is 18.1. The van der Waals surface area contributed by atoms with Crippen molar-refractivity contribution in [3.05, 3.63) is 64.8 Å². The summed E-state index contributed by atoms with van der Waals surface area (Å²) in [5.74, 6) is -1.12. The van der Waals surface area contributed by atoms with E-state index in [4.69, 9.17) is 10.00 Å². The number of fused-ring (bicyclic) bond motifs is 1. The molecular weight excluding hydrogens is 398 g/mol. The molecule has 0 fully saturated rings. The van der Waals surface area contributed by atoms with Gasteiger partial charge in [0.05, 0.1) is 10.5 Å². The highest BCUT2D eigenvalue weighted by Crippen LogP contribution is 2.28. The second kappa shape index (κ2) is 7.85. The van der Waals surface area contributed by atoms with Crippen LogP contribution in [0.3, 0.4) is 0 Å². The first-order valence-corrected chi connectivity index (χ1v) is 8.57. The van der Waals surface area contributed by atoms with E-state index in [0.29, 0.717) is 10.2 Å². The van der Waals surface area contributed by atoms with Gasteiger partial charge in [0.1, 0.15) is 12.2 Å². The minimum atomic E-state index is -0.647. The monoisotopic (exact) mass is 411 g/mol. The zero-order valence-electron chi connectivity index (χ0n) is 13.6. The van der Waals surface area contributed by atoms with Crippen molar-refractivity contribution >= 4 is 44.4 Å². The first-order valence-electron chi connectivity index (χ1n) is 7.77. The van der Waals surface area contributed by atoms with Crippen molar-refractivity contribution in [3.63, 3.8) is 0 Å². The molecule has 0 atom stereocenters. The molecule has 130 valence electrons. The van der Waals surface area contributed by atoms with E-state index >= 15 is 0 Å². The number of ether oxygens (including phenoxy) is 1. The van der Waals surface area contributed by atoms with E-state index in [1.807, 2.05) is 36.4 Å². The van der Waals surface area contributed by atoms with Crippen molar-refractivity contribution in [2.75, 3.05) is 18.1 Å². The van der Waals surface area contributed by atoms with Crippen LogP contribution in [0.5, 0.6) is 0 Å². The van der Waals surface area contributed by atoms with Crippen molar-refractivity contribution in [1.82, 2.24) is 4.98 Å². The topological polar surface area (TPSA) is 86.2 Å². The highest BCUT2D eigenvalue weighted by Gasteiger charge is 2.21. The number of para-hydroxylation sites is 2. The predicted octanol–water partition coefficient (Wildman–Crippen LogP) is 3.64. The molecule has 0 aliphatic rings. The average molecular weight is 412 g/mol. The van der Waals surface area contributed by atoms with Gasteiger partial charge in [-0.15, -0.1) is 0 Å². The smallest absolute Gasteiger partial charge is 0.356 e. The maximum Gasteiger partial charge on any atom is 0.356 e. The number of carbonyl (C=O) groups is 2. The van der Waals surface area contributed by atoms with Crippen LogP contribution in [0.4, 0.5) is 5.69 Å². The molecule has 0 aliphatic heterocycles. The van der Waals surface area contributed by atoms with Crippen LogP contribution in [-0.2, 0) is 9.53 Å². The van der Waals surface area contributed by atoms with Crippen molar-refractivity contribution in [3.8, 4) is 6.07 Å². The van der Waals surface area contributed by atoms with E-state index in [9.17, 15) is 9.59 Å². The summed E-state index contributed by atoms with van der Waals surface area (Å²) in [4.78, 5) is 29.0. The van der Waals surface area contributed by atoms with Gasteiger partial charge in [-0.1, -0.05) is 36.4 Å². The number of benzene rings is 2. The number of hydrogen-bond donors (Lipinski definition) is 1. The highest BCUT2D eigenvalue weighted by molar-refractivity contribution is 9.10. The summed E-state index contributed by atoms with van der Waals surface area (Å²) in [5.41, 5.74) is 1.60. The molecule has 0 bridgehead atoms. The van der Waals surface area contributed by atoms with Crippen LogP contribution in [0.25, 0.3) is 10.9 Å². The van der Waals surface area contributed by atoms with Crippen molar-refractivity contribution in [1.29, 1.82) is 5.26 Å². The van der Waals surface area contributed by atoms with Gasteiger partial charge in [0.25, 0.3) is 5.91 Å². The maximum absolute atomic E-state index is 12.4. The SMILES string of the molecule is N#CCN(C(=O)COC(=O)c1[nH]c2ccccc2c1Br)c1ccccc1. The van der Waals surface area contributed by atoms with Crippen LogP contribution in [0.2, 0.25) is 0 Å². The van der Waals surface area contributed by atoms with E-state index in [2.05, 4.69) is 20.9 Å². The molecule has 3 aromatic rings. The Morgan fingerprint density at radius 2 is 1.81 bits per heavy atom. The Hall–Kier alpha value is -3.11. The number of nitrogens with one attached hydrogen (secondary N) is 1. The lowest BCUT2D eigenvalue weighted by Gasteiger charge is -2.19. The quantitative estimate of drug-likeness (QED) is 0.512. The number of H-pyrrole nitrogens is 1. The van der Waals surface area contributed by atoms with Crippen molar-refractivity contribution in [2.24, 2.45) is 0 Å². The molecule has 7 heteroatoms. The first-order chi connectivity index (χ1) is 12.6. The fourth-order valence-electron chi connectivity index (χ4n) is 2.53. The Morgan fingerprint density at radius 1 is 1.12 bits per heavy atom. The van der Waals surface area contributed by atoms with Crippen molar-refractivity contribution in [2.45, 2.75) is 0 Å². The maximum atomic E-state index is 12.4. The number of amides is 1. The first kappa shape index (κ1) is 17.7. The molecule has 0 saturated carbocycles. The molecule has 1 N–H and O–H groups in total. The second-order valence-electron chi connectivity index (χ2n) is 5.41. The van der Waals surface area contributed by atoms with Gasteiger partial charge >= 0.3 is 5.97 Å². The van der Waals surface area contributed by atoms with Gasteiger partial charge in [0.2, 0.25) is 0 Å². The second-order valence-corrected chi connectivity index (χ2v) is 6.20. The lowest BCUT2D eigenvalue weighted by atomic mass is 10.2. The number of carbonyl (C=O) groups excluding carboxylic acids is 2. The summed E-state index contributed by atoms with van der Waals surface area (Å²) < 4.78 is 5.73. The Labute approximate surface area is 158 Å². The van der Waals surface area contributed by atoms with Crippen LogP contribution in [0.15, 0.2) is 59.1 Å². The molecular formula is C19H14BrN3O3. The van der Waals surface area contributed by atoms with E-state index in [1.165, 1.54) is 4.90 Å². The molecule has 0 saturated heterocycles. The van der Waals surface area contributed by atoms with E-state index in [-0.39, 0.29) is 12.2 Å². The van der Waals surface area contributed by atoms with Gasteiger partial charge in [-0.05, 0) is 34.1 Å². The van der Waals surface area contributed by atoms with Gasteiger partial charge in [-0.3, -0.25) is 9.69 Å². The Kier molecular flexibility index (Phi) is 5.34. The Bertz CT molecular complexity index is 992. The third-order valence-corrected chi connectivity index (χ3v) is 4.59. The van der Waals surface area contributed by atoms with Crippen LogP contribution in [0.1, 0.15) is 10.5 Å². The van der Waals surface area contributed by atoms with E-state index in [0.717, 1.165) is 10.9 Å². The van der Waals surface area contributed by atoms with Gasteiger partial charge in [-0.2, -0.15) is 5.26 Å². The number of aromatic amines is 1. The summed E-state index contributed by atoms with van der Waals surface area (Å²) in [5, 5.41) is 9.80. The molecule has 0 spiro atoms. The van der Waals surface area contributed by atoms with Gasteiger partial charge in [-0.25, -0.2) is 4.79 Å². The fourth-order valence-corrected chi connectivity index (χ4v) is 3.13. The molecule has 1 amide bonds. The molecule has 2 aromatic carbocycles. The number of hydrogen-bond acceptors (Lipinski definition) is 4. The molecule has 0 aliphatic carbocycles. The Morgan fingerprint density at radius 3 is 2.50 bits per heavy atom. The molecule has 3 rings (SSSR count). The normalized spacial score (nSPS) is 10.3.